The lowest BCUT2D eigenvalue weighted by molar-refractivity contribution is -0.0319. The van der Waals surface area contributed by atoms with E-state index in [2.05, 4.69) is 25.4 Å². The lowest BCUT2D eigenvalue weighted by Crippen LogP contribution is -2.50. The summed E-state index contributed by atoms with van der Waals surface area (Å²) in [7, 11) is 0. The van der Waals surface area contributed by atoms with Crippen molar-refractivity contribution in [3.63, 3.8) is 0 Å². The van der Waals surface area contributed by atoms with Gasteiger partial charge in [-0.25, -0.2) is 28.2 Å². The van der Waals surface area contributed by atoms with Crippen molar-refractivity contribution < 1.29 is 18.6 Å². The van der Waals surface area contributed by atoms with Gasteiger partial charge in [-0.15, -0.1) is 5.10 Å². The molecule has 6 rings (SSSR count). The van der Waals surface area contributed by atoms with Crippen molar-refractivity contribution in [1.82, 2.24) is 29.5 Å². The summed E-state index contributed by atoms with van der Waals surface area (Å²) in [5, 5.41) is 17.8. The van der Waals surface area contributed by atoms with Crippen molar-refractivity contribution in [2.75, 3.05) is 11.9 Å². The molecule has 11 heteroatoms. The zero-order chi connectivity index (χ0) is 27.1. The number of alkyl halides is 1. The number of hydrogen-bond acceptors (Lipinski definition) is 8. The molecule has 0 amide bonds. The number of pyridine rings is 1. The van der Waals surface area contributed by atoms with Crippen LogP contribution in [0.1, 0.15) is 24.7 Å². The third kappa shape index (κ3) is 4.98. The molecule has 0 aliphatic carbocycles. The van der Waals surface area contributed by atoms with Crippen LogP contribution in [0.4, 0.5) is 20.3 Å². The maximum absolute atomic E-state index is 14.4. The second kappa shape index (κ2) is 10.2. The first-order chi connectivity index (χ1) is 18.9. The Morgan fingerprint density at radius 2 is 2.03 bits per heavy atom. The van der Waals surface area contributed by atoms with E-state index in [9.17, 15) is 13.9 Å². The SMILES string of the molecule is Cc1cc(Nc2ncnc3cccc(F)c23)ccc1Oc1ccn2nc(CN3CCC(O)C(F)[C@@H]3C)nc2c1. The number of nitrogens with one attached hydrogen (secondary N) is 1. The molecule has 0 saturated carbocycles. The summed E-state index contributed by atoms with van der Waals surface area (Å²) in [5.41, 5.74) is 2.73. The van der Waals surface area contributed by atoms with E-state index in [0.29, 0.717) is 59.2 Å². The van der Waals surface area contributed by atoms with Crippen LogP contribution in [0.15, 0.2) is 61.1 Å². The second-order valence-corrected chi connectivity index (χ2v) is 9.77. The zero-order valence-electron chi connectivity index (χ0n) is 21.4. The number of aryl methyl sites for hydroxylation is 1. The molecule has 0 spiro atoms. The molecule has 3 aromatic heterocycles. The zero-order valence-corrected chi connectivity index (χ0v) is 21.4. The average molecular weight is 532 g/mol. The number of likely N-dealkylation sites (tertiary alicyclic amines) is 1. The number of halogens is 2. The predicted octanol–water partition coefficient (Wildman–Crippen LogP) is 4.95. The summed E-state index contributed by atoms with van der Waals surface area (Å²) in [4.78, 5) is 14.9. The van der Waals surface area contributed by atoms with E-state index in [1.54, 1.807) is 41.9 Å². The fraction of sp³-hybridized carbons (Fsp3) is 0.286. The van der Waals surface area contributed by atoms with Crippen LogP contribution in [0.5, 0.6) is 11.5 Å². The molecule has 2 aromatic carbocycles. The summed E-state index contributed by atoms with van der Waals surface area (Å²) in [6.45, 7) is 4.66. The molecule has 0 bridgehead atoms. The maximum Gasteiger partial charge on any atom is 0.165 e. The molecule has 1 aliphatic rings. The molecule has 200 valence electrons. The van der Waals surface area contributed by atoms with Crippen LogP contribution in [0, 0.1) is 12.7 Å². The van der Waals surface area contributed by atoms with Gasteiger partial charge in [0, 0.05) is 30.5 Å². The standard InChI is InChI=1S/C28H27F2N7O2/c1-16-12-18(33-28-26-20(29)4-3-5-21(26)31-15-32-28)6-7-23(16)39-19-8-11-37-25(13-19)34-24(35-37)14-36-10-9-22(38)27(30)17(36)2/h3-8,11-13,15,17,22,27,38H,9-10,14H2,1-2H3,(H,31,32,33)/t17-,22?,27?/m0/s1. The summed E-state index contributed by atoms with van der Waals surface area (Å²) in [6.07, 6.45) is 1.34. The number of piperidine rings is 1. The number of hydrogen-bond donors (Lipinski definition) is 2. The highest BCUT2D eigenvalue weighted by atomic mass is 19.1. The van der Waals surface area contributed by atoms with Gasteiger partial charge in [-0.3, -0.25) is 4.90 Å². The highest BCUT2D eigenvalue weighted by Crippen LogP contribution is 2.31. The molecular weight excluding hydrogens is 504 g/mol. The number of nitrogens with zero attached hydrogens (tertiary/aromatic N) is 6. The molecule has 1 saturated heterocycles. The number of aromatic nitrogens is 5. The third-order valence-corrected chi connectivity index (χ3v) is 7.09. The summed E-state index contributed by atoms with van der Waals surface area (Å²) >= 11 is 0. The minimum absolute atomic E-state index is 0.329. The van der Waals surface area contributed by atoms with Gasteiger partial charge in [0.2, 0.25) is 0 Å². The number of fused-ring (bicyclic) bond motifs is 2. The quantitative estimate of drug-likeness (QED) is 0.318. The number of ether oxygens (including phenoxy) is 1. The molecule has 2 N–H and O–H groups in total. The highest BCUT2D eigenvalue weighted by molar-refractivity contribution is 5.91. The largest absolute Gasteiger partial charge is 0.457 e. The van der Waals surface area contributed by atoms with Gasteiger partial charge in [-0.2, -0.15) is 0 Å². The smallest absolute Gasteiger partial charge is 0.165 e. The van der Waals surface area contributed by atoms with E-state index in [0.717, 1.165) is 11.3 Å². The van der Waals surface area contributed by atoms with Crippen molar-refractivity contribution in [1.29, 1.82) is 0 Å². The van der Waals surface area contributed by atoms with Crippen molar-refractivity contribution >= 4 is 28.1 Å². The number of anilines is 2. The van der Waals surface area contributed by atoms with Gasteiger partial charge in [0.15, 0.2) is 11.5 Å². The Balaban J connectivity index is 1.17. The Hall–Kier alpha value is -4.22. The average Bonchev–Trinajstić information content (AvgIpc) is 3.32. The van der Waals surface area contributed by atoms with Gasteiger partial charge in [0.25, 0.3) is 0 Å². The lowest BCUT2D eigenvalue weighted by atomic mass is 9.99. The van der Waals surface area contributed by atoms with Crippen LogP contribution < -0.4 is 10.1 Å². The number of rotatable bonds is 6. The monoisotopic (exact) mass is 531 g/mol. The van der Waals surface area contributed by atoms with E-state index >= 15 is 0 Å². The van der Waals surface area contributed by atoms with Gasteiger partial charge in [0.05, 0.1) is 23.6 Å². The fourth-order valence-corrected chi connectivity index (χ4v) is 4.90. The maximum atomic E-state index is 14.4. The van der Waals surface area contributed by atoms with Crippen LogP contribution in [-0.2, 0) is 6.54 Å². The molecule has 2 unspecified atom stereocenters. The topological polar surface area (TPSA) is 101 Å². The summed E-state index contributed by atoms with van der Waals surface area (Å²) in [6, 6.07) is 13.5. The molecule has 9 nitrogen and oxygen atoms in total. The molecule has 39 heavy (non-hydrogen) atoms. The fourth-order valence-electron chi connectivity index (χ4n) is 4.90. The number of aliphatic hydroxyl groups is 1. The first kappa shape index (κ1) is 25.1. The van der Waals surface area contributed by atoms with E-state index in [4.69, 9.17) is 4.74 Å². The van der Waals surface area contributed by atoms with Crippen LogP contribution in [0.3, 0.4) is 0 Å². The van der Waals surface area contributed by atoms with Crippen LogP contribution in [0.25, 0.3) is 16.6 Å². The van der Waals surface area contributed by atoms with E-state index in [1.807, 2.05) is 30.0 Å². The molecule has 4 heterocycles. The predicted molar refractivity (Wildman–Crippen MR) is 142 cm³/mol. The van der Waals surface area contributed by atoms with Crippen molar-refractivity contribution in [2.24, 2.45) is 0 Å². The van der Waals surface area contributed by atoms with Crippen LogP contribution >= 0.6 is 0 Å². The summed E-state index contributed by atoms with van der Waals surface area (Å²) in [5.74, 6) is 1.81. The van der Waals surface area contributed by atoms with Crippen molar-refractivity contribution in [3.05, 3.63) is 78.3 Å². The van der Waals surface area contributed by atoms with Gasteiger partial charge in [0.1, 0.15) is 35.6 Å². The molecule has 1 aliphatic heterocycles. The highest BCUT2D eigenvalue weighted by Gasteiger charge is 2.34. The molecule has 3 atom stereocenters. The Morgan fingerprint density at radius 3 is 2.87 bits per heavy atom. The van der Waals surface area contributed by atoms with Gasteiger partial charge in [-0.05, 0) is 62.2 Å². The Morgan fingerprint density at radius 1 is 1.15 bits per heavy atom. The lowest BCUT2D eigenvalue weighted by Gasteiger charge is -2.37. The van der Waals surface area contributed by atoms with E-state index in [1.165, 1.54) is 12.4 Å². The third-order valence-electron chi connectivity index (χ3n) is 7.09. The summed E-state index contributed by atoms with van der Waals surface area (Å²) < 4.78 is 36.5. The Labute approximate surface area is 223 Å². The van der Waals surface area contributed by atoms with E-state index < -0.39 is 24.1 Å². The van der Waals surface area contributed by atoms with Crippen molar-refractivity contribution in [2.45, 2.75) is 45.1 Å². The minimum Gasteiger partial charge on any atom is -0.457 e. The van der Waals surface area contributed by atoms with E-state index in [-0.39, 0.29) is 0 Å². The Bertz CT molecular complexity index is 1660. The van der Waals surface area contributed by atoms with Gasteiger partial charge >= 0.3 is 0 Å². The molecule has 0 radical (unpaired) electrons. The van der Waals surface area contributed by atoms with Crippen molar-refractivity contribution in [3.8, 4) is 11.5 Å². The minimum atomic E-state index is -1.29. The van der Waals surface area contributed by atoms with Gasteiger partial charge in [-0.1, -0.05) is 6.07 Å². The first-order valence-corrected chi connectivity index (χ1v) is 12.7. The van der Waals surface area contributed by atoms with Gasteiger partial charge < -0.3 is 15.2 Å². The first-order valence-electron chi connectivity index (χ1n) is 12.7. The van der Waals surface area contributed by atoms with Crippen LogP contribution in [0.2, 0.25) is 0 Å². The number of benzene rings is 2. The number of aliphatic hydroxyl groups excluding tert-OH is 1. The normalized spacial score (nSPS) is 20.0. The molecule has 1 fully saturated rings. The Kier molecular flexibility index (Phi) is 6.53. The molecular formula is C28H27F2N7O2. The second-order valence-electron chi connectivity index (χ2n) is 9.77. The molecule has 5 aromatic rings. The van der Waals surface area contributed by atoms with Crippen LogP contribution in [-0.4, -0.2) is 59.4 Å².